The lowest BCUT2D eigenvalue weighted by molar-refractivity contribution is -0.133. The Hall–Kier alpha value is -2.38. The van der Waals surface area contributed by atoms with Gasteiger partial charge in [0.05, 0.1) is 5.52 Å². The Morgan fingerprint density at radius 1 is 1.07 bits per heavy atom. The van der Waals surface area contributed by atoms with Gasteiger partial charge in [0.15, 0.2) is 5.58 Å². The summed E-state index contributed by atoms with van der Waals surface area (Å²) < 4.78 is 6.85. The van der Waals surface area contributed by atoms with E-state index >= 15 is 0 Å². The maximum atomic E-state index is 12.5. The van der Waals surface area contributed by atoms with Crippen LogP contribution in [0.25, 0.3) is 11.1 Å². The van der Waals surface area contributed by atoms with Crippen molar-refractivity contribution in [1.29, 1.82) is 0 Å². The Morgan fingerprint density at radius 2 is 1.89 bits per heavy atom. The monoisotopic (exact) mass is 385 g/mol. The van der Waals surface area contributed by atoms with E-state index in [0.29, 0.717) is 25.0 Å². The van der Waals surface area contributed by atoms with Crippen molar-refractivity contribution in [1.82, 2.24) is 14.4 Å². The van der Waals surface area contributed by atoms with E-state index in [4.69, 9.17) is 4.42 Å². The molecule has 0 spiro atoms. The summed E-state index contributed by atoms with van der Waals surface area (Å²) >= 11 is 1.78. The zero-order valence-corrected chi connectivity index (χ0v) is 16.0. The molecule has 0 atom stereocenters. The van der Waals surface area contributed by atoms with Crippen molar-refractivity contribution in [2.24, 2.45) is 0 Å². The zero-order valence-electron chi connectivity index (χ0n) is 15.2. The van der Waals surface area contributed by atoms with Gasteiger partial charge < -0.3 is 9.32 Å². The van der Waals surface area contributed by atoms with Crippen molar-refractivity contribution >= 4 is 28.3 Å². The number of para-hydroxylation sites is 2. The topological polar surface area (TPSA) is 58.7 Å². The van der Waals surface area contributed by atoms with Gasteiger partial charge in [0.2, 0.25) is 5.91 Å². The number of benzene rings is 1. The van der Waals surface area contributed by atoms with Gasteiger partial charge in [-0.05, 0) is 30.0 Å². The maximum absolute atomic E-state index is 12.5. The van der Waals surface area contributed by atoms with Crippen LogP contribution in [0.1, 0.15) is 17.7 Å². The average molecular weight is 385 g/mol. The lowest BCUT2D eigenvalue weighted by atomic mass is 10.2. The fraction of sp³-hybridized carbons (Fsp3) is 0.400. The number of amides is 1. The molecule has 1 saturated heterocycles. The van der Waals surface area contributed by atoms with Gasteiger partial charge in [-0.2, -0.15) is 0 Å². The van der Waals surface area contributed by atoms with E-state index in [0.717, 1.165) is 38.2 Å². The number of thiophene rings is 1. The number of hydrogen-bond acceptors (Lipinski definition) is 5. The summed E-state index contributed by atoms with van der Waals surface area (Å²) in [7, 11) is 0. The first kappa shape index (κ1) is 18.0. The van der Waals surface area contributed by atoms with Gasteiger partial charge in [0.1, 0.15) is 0 Å². The Morgan fingerprint density at radius 3 is 2.67 bits per heavy atom. The summed E-state index contributed by atoms with van der Waals surface area (Å²) in [5, 5.41) is 2.10. The van der Waals surface area contributed by atoms with E-state index < -0.39 is 0 Å². The number of oxazole rings is 1. The minimum Gasteiger partial charge on any atom is -0.408 e. The van der Waals surface area contributed by atoms with Crippen molar-refractivity contribution in [3.63, 3.8) is 0 Å². The summed E-state index contributed by atoms with van der Waals surface area (Å²) in [6.07, 6.45) is 1.09. The first-order chi connectivity index (χ1) is 13.2. The third-order valence-electron chi connectivity index (χ3n) is 5.03. The van der Waals surface area contributed by atoms with Crippen LogP contribution in [0.5, 0.6) is 0 Å². The molecule has 0 saturated carbocycles. The third-order valence-corrected chi connectivity index (χ3v) is 5.89. The van der Waals surface area contributed by atoms with Crippen molar-refractivity contribution in [2.75, 3.05) is 26.2 Å². The van der Waals surface area contributed by atoms with E-state index in [1.807, 2.05) is 23.1 Å². The van der Waals surface area contributed by atoms with Crippen LogP contribution in [-0.2, 0) is 17.9 Å². The molecule has 3 aromatic rings. The van der Waals surface area contributed by atoms with Gasteiger partial charge in [-0.25, -0.2) is 4.79 Å². The minimum atomic E-state index is -0.356. The van der Waals surface area contributed by atoms with E-state index in [9.17, 15) is 9.59 Å². The third kappa shape index (κ3) is 4.14. The number of piperazine rings is 1. The standard InChI is InChI=1S/C20H23N3O3S/c24-19(22-12-10-21(11-13-22)15-16-5-4-14-27-16)8-3-9-23-17-6-1-2-7-18(17)26-20(23)25/h1-2,4-7,14H,3,8-13,15H2. The second-order valence-corrected chi connectivity index (χ2v) is 7.86. The summed E-state index contributed by atoms with van der Waals surface area (Å²) in [6, 6.07) is 11.6. The Bertz CT molecular complexity index is 952. The molecule has 1 fully saturated rings. The molecule has 1 aliphatic rings. The molecule has 1 aliphatic heterocycles. The van der Waals surface area contributed by atoms with Gasteiger partial charge in [0, 0.05) is 50.6 Å². The largest absolute Gasteiger partial charge is 0.419 e. The van der Waals surface area contributed by atoms with Crippen molar-refractivity contribution in [2.45, 2.75) is 25.9 Å². The fourth-order valence-electron chi connectivity index (χ4n) is 3.55. The smallest absolute Gasteiger partial charge is 0.408 e. The first-order valence-electron chi connectivity index (χ1n) is 9.31. The predicted molar refractivity (Wildman–Crippen MR) is 106 cm³/mol. The summed E-state index contributed by atoms with van der Waals surface area (Å²) in [6.45, 7) is 4.85. The SMILES string of the molecule is O=C(CCCn1c(=O)oc2ccccc21)N1CCN(Cc2cccs2)CC1. The molecular weight excluding hydrogens is 362 g/mol. The predicted octanol–water partition coefficient (Wildman–Crippen LogP) is 2.78. The molecule has 0 radical (unpaired) electrons. The van der Waals surface area contributed by atoms with Crippen LogP contribution in [0.3, 0.4) is 0 Å². The highest BCUT2D eigenvalue weighted by Gasteiger charge is 2.21. The molecule has 0 unspecified atom stereocenters. The molecular formula is C20H23N3O3S. The average Bonchev–Trinajstić information content (AvgIpc) is 3.30. The molecule has 7 heteroatoms. The number of rotatable bonds is 6. The Balaban J connectivity index is 1.25. The fourth-order valence-corrected chi connectivity index (χ4v) is 4.30. The molecule has 1 aromatic carbocycles. The molecule has 2 aromatic heterocycles. The number of aromatic nitrogens is 1. The molecule has 1 amide bonds. The van der Waals surface area contributed by atoms with Gasteiger partial charge in [-0.1, -0.05) is 18.2 Å². The molecule has 0 N–H and O–H groups in total. The lowest BCUT2D eigenvalue weighted by Gasteiger charge is -2.34. The molecule has 4 rings (SSSR count). The Kier molecular flexibility index (Phi) is 5.40. The highest BCUT2D eigenvalue weighted by atomic mass is 32.1. The van der Waals surface area contributed by atoms with Gasteiger partial charge in [-0.15, -0.1) is 11.3 Å². The molecule has 3 heterocycles. The van der Waals surface area contributed by atoms with Crippen molar-refractivity contribution in [3.8, 4) is 0 Å². The van der Waals surface area contributed by atoms with Crippen LogP contribution in [0, 0.1) is 0 Å². The van der Waals surface area contributed by atoms with Crippen LogP contribution < -0.4 is 5.76 Å². The van der Waals surface area contributed by atoms with Crippen LogP contribution in [0.4, 0.5) is 0 Å². The Labute approximate surface area is 161 Å². The second kappa shape index (κ2) is 8.10. The van der Waals surface area contributed by atoms with Gasteiger partial charge in [0.25, 0.3) is 0 Å². The normalized spacial score (nSPS) is 15.5. The number of aryl methyl sites for hydroxylation is 1. The van der Waals surface area contributed by atoms with Crippen molar-refractivity contribution < 1.29 is 9.21 Å². The summed E-state index contributed by atoms with van der Waals surface area (Å²) in [4.78, 5) is 30.2. The number of carbonyl (C=O) groups excluding carboxylic acids is 1. The first-order valence-corrected chi connectivity index (χ1v) is 10.2. The molecule has 0 bridgehead atoms. The molecule has 0 aliphatic carbocycles. The van der Waals surface area contributed by atoms with E-state index in [-0.39, 0.29) is 11.7 Å². The maximum Gasteiger partial charge on any atom is 0.419 e. The van der Waals surface area contributed by atoms with Crippen LogP contribution >= 0.6 is 11.3 Å². The number of carbonyl (C=O) groups is 1. The summed E-state index contributed by atoms with van der Waals surface area (Å²) in [5.74, 6) is -0.183. The zero-order chi connectivity index (χ0) is 18.6. The second-order valence-electron chi connectivity index (χ2n) is 6.83. The van der Waals surface area contributed by atoms with Crippen LogP contribution in [0.15, 0.2) is 51.0 Å². The minimum absolute atomic E-state index is 0.173. The highest BCUT2D eigenvalue weighted by Crippen LogP contribution is 2.15. The number of nitrogens with zero attached hydrogens (tertiary/aromatic N) is 3. The van der Waals surface area contributed by atoms with Crippen LogP contribution in [0.2, 0.25) is 0 Å². The van der Waals surface area contributed by atoms with Gasteiger partial charge >= 0.3 is 5.76 Å². The molecule has 6 nitrogen and oxygen atoms in total. The van der Waals surface area contributed by atoms with Crippen molar-refractivity contribution in [3.05, 3.63) is 57.2 Å². The van der Waals surface area contributed by atoms with Gasteiger partial charge in [-0.3, -0.25) is 14.3 Å². The molecule has 142 valence electrons. The number of fused-ring (bicyclic) bond motifs is 1. The summed E-state index contributed by atoms with van der Waals surface area (Å²) in [5.41, 5.74) is 1.38. The molecule has 27 heavy (non-hydrogen) atoms. The van der Waals surface area contributed by atoms with E-state index in [1.54, 1.807) is 22.0 Å². The van der Waals surface area contributed by atoms with E-state index in [2.05, 4.69) is 22.4 Å². The van der Waals surface area contributed by atoms with E-state index in [1.165, 1.54) is 4.88 Å². The van der Waals surface area contributed by atoms with Crippen LogP contribution in [-0.4, -0.2) is 46.5 Å². The lowest BCUT2D eigenvalue weighted by Crippen LogP contribution is -2.48. The highest BCUT2D eigenvalue weighted by molar-refractivity contribution is 7.09. The number of hydrogen-bond donors (Lipinski definition) is 0. The quantitative estimate of drug-likeness (QED) is 0.655.